The van der Waals surface area contributed by atoms with Crippen molar-refractivity contribution in [2.45, 2.75) is 44.8 Å². The molecule has 132 valence electrons. The minimum absolute atomic E-state index is 0.0527. The minimum atomic E-state index is -4.35. The molecule has 1 aliphatic rings. The Balaban J connectivity index is 1.95. The van der Waals surface area contributed by atoms with E-state index in [1.807, 2.05) is 13.8 Å². The topological polar surface area (TPSA) is 58.2 Å². The highest BCUT2D eigenvalue weighted by atomic mass is 19.4. The van der Waals surface area contributed by atoms with Crippen LogP contribution in [0, 0.1) is 5.92 Å². The molecule has 0 radical (unpaired) electrons. The zero-order chi connectivity index (χ0) is 18.0. The van der Waals surface area contributed by atoms with Gasteiger partial charge in [0.05, 0.1) is 11.5 Å². The van der Waals surface area contributed by atoms with Crippen LogP contribution < -0.4 is 10.6 Å². The lowest BCUT2D eigenvalue weighted by molar-refractivity contribution is -0.137. The van der Waals surface area contributed by atoms with Crippen LogP contribution in [-0.2, 0) is 22.2 Å². The van der Waals surface area contributed by atoms with Crippen LogP contribution in [-0.4, -0.2) is 23.9 Å². The number of alkyl halides is 3. The lowest BCUT2D eigenvalue weighted by atomic mass is 9.92. The first-order chi connectivity index (χ1) is 11.1. The lowest BCUT2D eigenvalue weighted by Crippen LogP contribution is -2.51. The highest BCUT2D eigenvalue weighted by Gasteiger charge is 2.31. The summed E-state index contributed by atoms with van der Waals surface area (Å²) in [7, 11) is 0. The standard InChI is InChI=1S/C17H21F3N2O2/c1-16(2,22-15(24)12-5-8-14(23)21-10-12)9-11-3-6-13(7-4-11)17(18,19)20/h3-4,6-7,12H,5,8-10H2,1-2H3,(H,21,23)(H,22,24). The smallest absolute Gasteiger partial charge is 0.355 e. The van der Waals surface area contributed by atoms with Gasteiger partial charge in [0, 0.05) is 18.5 Å². The van der Waals surface area contributed by atoms with E-state index in [0.717, 1.165) is 12.1 Å². The van der Waals surface area contributed by atoms with Crippen molar-refractivity contribution in [3.8, 4) is 0 Å². The lowest BCUT2D eigenvalue weighted by Gasteiger charge is -2.30. The quantitative estimate of drug-likeness (QED) is 0.884. The number of halogens is 3. The molecule has 4 nitrogen and oxygen atoms in total. The molecule has 0 saturated carbocycles. The number of rotatable bonds is 4. The van der Waals surface area contributed by atoms with Crippen molar-refractivity contribution in [2.24, 2.45) is 5.92 Å². The van der Waals surface area contributed by atoms with Gasteiger partial charge in [-0.15, -0.1) is 0 Å². The third-order valence-corrected chi connectivity index (χ3v) is 4.03. The Bertz CT molecular complexity index is 599. The molecule has 1 fully saturated rings. The number of nitrogens with one attached hydrogen (secondary N) is 2. The van der Waals surface area contributed by atoms with Crippen molar-refractivity contribution in [2.75, 3.05) is 6.54 Å². The number of piperidine rings is 1. The van der Waals surface area contributed by atoms with E-state index in [4.69, 9.17) is 0 Å². The molecule has 1 unspecified atom stereocenters. The van der Waals surface area contributed by atoms with Crippen molar-refractivity contribution in [3.63, 3.8) is 0 Å². The molecule has 24 heavy (non-hydrogen) atoms. The maximum atomic E-state index is 12.6. The molecule has 0 spiro atoms. The Labute approximate surface area is 138 Å². The molecule has 1 heterocycles. The van der Waals surface area contributed by atoms with Gasteiger partial charge in [-0.2, -0.15) is 13.2 Å². The molecule has 0 aromatic heterocycles. The van der Waals surface area contributed by atoms with Gasteiger partial charge >= 0.3 is 6.18 Å². The number of hydrogen-bond donors (Lipinski definition) is 2. The Kier molecular flexibility index (Phi) is 5.20. The average molecular weight is 342 g/mol. The first kappa shape index (κ1) is 18.3. The molecule has 7 heteroatoms. The maximum Gasteiger partial charge on any atom is 0.416 e. The predicted octanol–water partition coefficient (Wildman–Crippen LogP) is 2.67. The summed E-state index contributed by atoms with van der Waals surface area (Å²) < 4.78 is 37.7. The number of hydrogen-bond acceptors (Lipinski definition) is 2. The zero-order valence-electron chi connectivity index (χ0n) is 13.7. The van der Waals surface area contributed by atoms with Crippen molar-refractivity contribution < 1.29 is 22.8 Å². The highest BCUT2D eigenvalue weighted by molar-refractivity contribution is 5.84. The number of amides is 2. The van der Waals surface area contributed by atoms with Gasteiger partial charge in [-0.05, 0) is 44.4 Å². The molecule has 2 rings (SSSR count). The van der Waals surface area contributed by atoms with Crippen LogP contribution in [0.4, 0.5) is 13.2 Å². The summed E-state index contributed by atoms with van der Waals surface area (Å²) in [5.41, 5.74) is -0.575. The van der Waals surface area contributed by atoms with E-state index >= 15 is 0 Å². The molecule has 2 N–H and O–H groups in total. The van der Waals surface area contributed by atoms with Crippen molar-refractivity contribution >= 4 is 11.8 Å². The third kappa shape index (κ3) is 4.97. The van der Waals surface area contributed by atoms with Crippen molar-refractivity contribution in [1.29, 1.82) is 0 Å². The Morgan fingerprint density at radius 1 is 1.25 bits per heavy atom. The van der Waals surface area contributed by atoms with Crippen LogP contribution in [0.25, 0.3) is 0 Å². The van der Waals surface area contributed by atoms with E-state index in [0.29, 0.717) is 31.4 Å². The van der Waals surface area contributed by atoms with Crippen LogP contribution in [0.3, 0.4) is 0 Å². The van der Waals surface area contributed by atoms with Crippen LogP contribution in [0.1, 0.15) is 37.8 Å². The van der Waals surface area contributed by atoms with Gasteiger partial charge in [0.2, 0.25) is 11.8 Å². The van der Waals surface area contributed by atoms with Gasteiger partial charge in [0.15, 0.2) is 0 Å². The molecule has 1 saturated heterocycles. The normalized spacial score (nSPS) is 18.9. The van der Waals surface area contributed by atoms with Crippen molar-refractivity contribution in [3.05, 3.63) is 35.4 Å². The summed E-state index contributed by atoms with van der Waals surface area (Å²) in [6.45, 7) is 3.97. The SMILES string of the molecule is CC(C)(Cc1ccc(C(F)(F)F)cc1)NC(=O)C1CCC(=O)NC1. The highest BCUT2D eigenvalue weighted by Crippen LogP contribution is 2.29. The minimum Gasteiger partial charge on any atom is -0.355 e. The second kappa shape index (κ2) is 6.83. The predicted molar refractivity (Wildman–Crippen MR) is 83.1 cm³/mol. The molecule has 1 aromatic rings. The van der Waals surface area contributed by atoms with Gasteiger partial charge in [-0.3, -0.25) is 9.59 Å². The monoisotopic (exact) mass is 342 g/mol. The Morgan fingerprint density at radius 3 is 2.38 bits per heavy atom. The molecule has 1 aliphatic heterocycles. The number of carbonyl (C=O) groups is 2. The molecule has 0 aliphatic carbocycles. The van der Waals surface area contributed by atoms with E-state index in [1.54, 1.807) is 0 Å². The fourth-order valence-corrected chi connectivity index (χ4v) is 2.76. The van der Waals surface area contributed by atoms with Crippen LogP contribution in [0.15, 0.2) is 24.3 Å². The van der Waals surface area contributed by atoms with E-state index < -0.39 is 17.3 Å². The fourth-order valence-electron chi connectivity index (χ4n) is 2.76. The molecule has 2 amide bonds. The fraction of sp³-hybridized carbons (Fsp3) is 0.529. The summed E-state index contributed by atoms with van der Waals surface area (Å²) in [4.78, 5) is 23.4. The number of carbonyl (C=O) groups excluding carboxylic acids is 2. The van der Waals surface area contributed by atoms with Gasteiger partial charge in [-0.1, -0.05) is 12.1 Å². The second-order valence-electron chi connectivity index (χ2n) is 6.78. The zero-order valence-corrected chi connectivity index (χ0v) is 13.7. The summed E-state index contributed by atoms with van der Waals surface area (Å²) in [5.74, 6) is -0.468. The van der Waals surface area contributed by atoms with E-state index in [-0.39, 0.29) is 17.7 Å². The van der Waals surface area contributed by atoms with Crippen LogP contribution in [0.5, 0.6) is 0 Å². The maximum absolute atomic E-state index is 12.6. The van der Waals surface area contributed by atoms with Gasteiger partial charge in [0.25, 0.3) is 0 Å². The number of benzene rings is 1. The Morgan fingerprint density at radius 2 is 1.88 bits per heavy atom. The van der Waals surface area contributed by atoms with Gasteiger partial charge < -0.3 is 10.6 Å². The molecular formula is C17H21F3N2O2. The first-order valence-electron chi connectivity index (χ1n) is 7.82. The first-order valence-corrected chi connectivity index (χ1v) is 7.82. The Hall–Kier alpha value is -2.05. The van der Waals surface area contributed by atoms with Crippen LogP contribution >= 0.6 is 0 Å². The van der Waals surface area contributed by atoms with Crippen molar-refractivity contribution in [1.82, 2.24) is 10.6 Å². The molecule has 0 bridgehead atoms. The molecule has 1 aromatic carbocycles. The summed E-state index contributed by atoms with van der Waals surface area (Å²) in [6, 6.07) is 4.95. The summed E-state index contributed by atoms with van der Waals surface area (Å²) in [6.07, 6.45) is -3.10. The van der Waals surface area contributed by atoms with Crippen LogP contribution in [0.2, 0.25) is 0 Å². The molecular weight excluding hydrogens is 321 g/mol. The summed E-state index contributed by atoms with van der Waals surface area (Å²) in [5, 5.41) is 5.58. The van der Waals surface area contributed by atoms with Gasteiger partial charge in [0.1, 0.15) is 0 Å². The second-order valence-corrected chi connectivity index (χ2v) is 6.78. The van der Waals surface area contributed by atoms with Gasteiger partial charge in [-0.25, -0.2) is 0 Å². The largest absolute Gasteiger partial charge is 0.416 e. The summed E-state index contributed by atoms with van der Waals surface area (Å²) >= 11 is 0. The van der Waals surface area contributed by atoms with E-state index in [2.05, 4.69) is 10.6 Å². The average Bonchev–Trinajstić information content (AvgIpc) is 2.46. The third-order valence-electron chi connectivity index (χ3n) is 4.03. The molecule has 1 atom stereocenters. The van der Waals surface area contributed by atoms with E-state index in [9.17, 15) is 22.8 Å². The van der Waals surface area contributed by atoms with E-state index in [1.165, 1.54) is 12.1 Å².